The number of fused-ring (bicyclic) bond motifs is 1. The number of hydrogen-bond acceptors (Lipinski definition) is 3. The summed E-state index contributed by atoms with van der Waals surface area (Å²) in [5, 5.41) is 0. The van der Waals surface area contributed by atoms with Gasteiger partial charge in [0.2, 0.25) is 0 Å². The van der Waals surface area contributed by atoms with E-state index in [1.165, 1.54) is 30.5 Å². The predicted octanol–water partition coefficient (Wildman–Crippen LogP) is 3.13. The second-order valence-electron chi connectivity index (χ2n) is 5.51. The lowest BCUT2D eigenvalue weighted by molar-refractivity contribution is -0.108. The fraction of sp³-hybridized carbons (Fsp3) is 0.562. The molecule has 1 aromatic rings. The molecule has 0 spiro atoms. The Hall–Kier alpha value is -1.51. The zero-order valence-corrected chi connectivity index (χ0v) is 11.3. The Kier molecular flexibility index (Phi) is 3.72. The van der Waals surface area contributed by atoms with Gasteiger partial charge in [0, 0.05) is 31.3 Å². The number of nitrogens with zero attached hydrogens (tertiary/aromatic N) is 1. The fourth-order valence-corrected chi connectivity index (χ4v) is 3.16. The molecule has 2 heterocycles. The fourth-order valence-electron chi connectivity index (χ4n) is 3.16. The van der Waals surface area contributed by atoms with Crippen molar-refractivity contribution in [1.82, 2.24) is 0 Å². The van der Waals surface area contributed by atoms with Crippen molar-refractivity contribution >= 4 is 12.0 Å². The molecule has 0 unspecified atom stereocenters. The molecule has 2 aliphatic heterocycles. The average molecular weight is 259 g/mol. The van der Waals surface area contributed by atoms with Gasteiger partial charge in [-0.25, -0.2) is 0 Å². The Morgan fingerprint density at radius 3 is 2.89 bits per heavy atom. The molecule has 1 aromatic carbocycles. The first-order chi connectivity index (χ1) is 9.38. The van der Waals surface area contributed by atoms with Crippen LogP contribution in [0.2, 0.25) is 0 Å². The standard InChI is InChI=1S/C16H21NO2/c18-10-6-13-7-11-19-16-12-14(4-5-15(13)16)17-8-2-1-3-9-17/h4-5,10,12-13H,1-3,6-9,11H2/t13-/m0/s1. The second-order valence-corrected chi connectivity index (χ2v) is 5.51. The van der Waals surface area contributed by atoms with Crippen LogP contribution in [0, 0.1) is 0 Å². The Labute approximate surface area is 114 Å². The van der Waals surface area contributed by atoms with Gasteiger partial charge in [0.05, 0.1) is 6.61 Å². The number of hydrogen-bond donors (Lipinski definition) is 0. The molecule has 0 aliphatic carbocycles. The van der Waals surface area contributed by atoms with Crippen LogP contribution >= 0.6 is 0 Å². The van der Waals surface area contributed by atoms with Gasteiger partial charge in [-0.2, -0.15) is 0 Å². The topological polar surface area (TPSA) is 29.5 Å². The van der Waals surface area contributed by atoms with Gasteiger partial charge in [0.15, 0.2) is 0 Å². The largest absolute Gasteiger partial charge is 0.493 e. The van der Waals surface area contributed by atoms with E-state index in [0.717, 1.165) is 38.2 Å². The molecule has 1 atom stereocenters. The van der Waals surface area contributed by atoms with E-state index < -0.39 is 0 Å². The van der Waals surface area contributed by atoms with Crippen molar-refractivity contribution in [3.63, 3.8) is 0 Å². The molecule has 3 nitrogen and oxygen atoms in total. The molecule has 102 valence electrons. The molecule has 1 saturated heterocycles. The van der Waals surface area contributed by atoms with E-state index in [4.69, 9.17) is 4.74 Å². The van der Waals surface area contributed by atoms with E-state index in [0.29, 0.717) is 12.3 Å². The highest BCUT2D eigenvalue weighted by atomic mass is 16.5. The van der Waals surface area contributed by atoms with Crippen LogP contribution < -0.4 is 9.64 Å². The minimum atomic E-state index is 0.344. The molecule has 0 N–H and O–H groups in total. The van der Waals surface area contributed by atoms with Crippen LogP contribution in [-0.2, 0) is 4.79 Å². The summed E-state index contributed by atoms with van der Waals surface area (Å²) in [7, 11) is 0. The molecule has 0 radical (unpaired) electrons. The van der Waals surface area contributed by atoms with Gasteiger partial charge in [0.1, 0.15) is 12.0 Å². The van der Waals surface area contributed by atoms with Crippen molar-refractivity contribution in [3.8, 4) is 5.75 Å². The minimum Gasteiger partial charge on any atom is -0.493 e. The highest BCUT2D eigenvalue weighted by Gasteiger charge is 2.22. The van der Waals surface area contributed by atoms with Gasteiger partial charge in [-0.15, -0.1) is 0 Å². The first kappa shape index (κ1) is 12.5. The third kappa shape index (κ3) is 2.60. The highest BCUT2D eigenvalue weighted by molar-refractivity contribution is 5.58. The summed E-state index contributed by atoms with van der Waals surface area (Å²) in [6.07, 6.45) is 6.50. The zero-order chi connectivity index (χ0) is 13.1. The summed E-state index contributed by atoms with van der Waals surface area (Å²) < 4.78 is 5.79. The van der Waals surface area contributed by atoms with Gasteiger partial charge in [-0.3, -0.25) is 0 Å². The molecule has 0 amide bonds. The lowest BCUT2D eigenvalue weighted by atomic mass is 9.90. The summed E-state index contributed by atoms with van der Waals surface area (Å²) in [6, 6.07) is 6.51. The molecular weight excluding hydrogens is 238 g/mol. The van der Waals surface area contributed by atoms with E-state index in [2.05, 4.69) is 23.1 Å². The molecular formula is C16H21NO2. The van der Waals surface area contributed by atoms with E-state index in [9.17, 15) is 4.79 Å². The van der Waals surface area contributed by atoms with Crippen LogP contribution in [0.25, 0.3) is 0 Å². The van der Waals surface area contributed by atoms with Crippen LogP contribution in [-0.4, -0.2) is 26.0 Å². The van der Waals surface area contributed by atoms with E-state index >= 15 is 0 Å². The summed E-state index contributed by atoms with van der Waals surface area (Å²) in [5.41, 5.74) is 2.48. The number of piperidine rings is 1. The van der Waals surface area contributed by atoms with Gasteiger partial charge in [0.25, 0.3) is 0 Å². The molecule has 3 rings (SSSR count). The van der Waals surface area contributed by atoms with Crippen molar-refractivity contribution < 1.29 is 9.53 Å². The van der Waals surface area contributed by atoms with Crippen molar-refractivity contribution in [3.05, 3.63) is 23.8 Å². The Bertz CT molecular complexity index is 452. The monoisotopic (exact) mass is 259 g/mol. The van der Waals surface area contributed by atoms with Crippen LogP contribution in [0.15, 0.2) is 18.2 Å². The minimum absolute atomic E-state index is 0.344. The normalized spacial score (nSPS) is 22.5. The van der Waals surface area contributed by atoms with E-state index in [-0.39, 0.29) is 0 Å². The summed E-state index contributed by atoms with van der Waals surface area (Å²) in [6.45, 7) is 3.03. The maximum Gasteiger partial charge on any atom is 0.124 e. The number of carbonyl (C=O) groups is 1. The quantitative estimate of drug-likeness (QED) is 0.781. The smallest absolute Gasteiger partial charge is 0.124 e. The van der Waals surface area contributed by atoms with Gasteiger partial charge in [-0.05, 0) is 43.2 Å². The van der Waals surface area contributed by atoms with Gasteiger partial charge >= 0.3 is 0 Å². The Morgan fingerprint density at radius 1 is 1.26 bits per heavy atom. The van der Waals surface area contributed by atoms with E-state index in [1.54, 1.807) is 0 Å². The number of benzene rings is 1. The molecule has 0 saturated carbocycles. The van der Waals surface area contributed by atoms with E-state index in [1.807, 2.05) is 0 Å². The first-order valence-corrected chi connectivity index (χ1v) is 7.34. The SMILES string of the molecule is O=CC[C@H]1CCOc2cc(N3CCCCC3)ccc21. The van der Waals surface area contributed by atoms with Crippen LogP contribution in [0.3, 0.4) is 0 Å². The van der Waals surface area contributed by atoms with Gasteiger partial charge < -0.3 is 14.4 Å². The molecule has 0 aromatic heterocycles. The zero-order valence-electron chi connectivity index (χ0n) is 11.3. The third-order valence-corrected chi connectivity index (χ3v) is 4.26. The van der Waals surface area contributed by atoms with Crippen molar-refractivity contribution in [2.24, 2.45) is 0 Å². The molecule has 2 aliphatic rings. The number of rotatable bonds is 3. The summed E-state index contributed by atoms with van der Waals surface area (Å²) in [4.78, 5) is 13.2. The van der Waals surface area contributed by atoms with Crippen molar-refractivity contribution in [2.45, 2.75) is 38.0 Å². The number of aldehydes is 1. The average Bonchev–Trinajstić information content (AvgIpc) is 2.48. The highest BCUT2D eigenvalue weighted by Crippen LogP contribution is 2.38. The summed E-state index contributed by atoms with van der Waals surface area (Å²) >= 11 is 0. The molecule has 3 heteroatoms. The van der Waals surface area contributed by atoms with Crippen molar-refractivity contribution in [2.75, 3.05) is 24.6 Å². The van der Waals surface area contributed by atoms with Crippen molar-refractivity contribution in [1.29, 1.82) is 0 Å². The molecule has 19 heavy (non-hydrogen) atoms. The maximum absolute atomic E-state index is 10.7. The first-order valence-electron chi connectivity index (χ1n) is 7.34. The van der Waals surface area contributed by atoms with Gasteiger partial charge in [-0.1, -0.05) is 6.07 Å². The number of carbonyl (C=O) groups excluding carboxylic acids is 1. The molecule has 1 fully saturated rings. The number of ether oxygens (including phenoxy) is 1. The lowest BCUT2D eigenvalue weighted by Gasteiger charge is -2.31. The number of anilines is 1. The van der Waals surface area contributed by atoms with Crippen LogP contribution in [0.4, 0.5) is 5.69 Å². The Balaban J connectivity index is 1.84. The Morgan fingerprint density at radius 2 is 2.11 bits per heavy atom. The second kappa shape index (κ2) is 5.64. The summed E-state index contributed by atoms with van der Waals surface area (Å²) in [5.74, 6) is 1.33. The lowest BCUT2D eigenvalue weighted by Crippen LogP contribution is -2.29. The molecule has 0 bridgehead atoms. The third-order valence-electron chi connectivity index (χ3n) is 4.26. The van der Waals surface area contributed by atoms with Crippen LogP contribution in [0.1, 0.15) is 43.6 Å². The maximum atomic E-state index is 10.7. The predicted molar refractivity (Wildman–Crippen MR) is 76.0 cm³/mol. The van der Waals surface area contributed by atoms with Crippen LogP contribution in [0.5, 0.6) is 5.75 Å².